The molecule has 0 unspecified atom stereocenters. The van der Waals surface area contributed by atoms with Gasteiger partial charge in [0.15, 0.2) is 0 Å². The number of aryl methyl sites for hydroxylation is 1. The number of ether oxygens (including phenoxy) is 1. The minimum atomic E-state index is -4.29. The average molecular weight is 287 g/mol. The smallest absolute Gasteiger partial charge is 0.366 e. The van der Waals surface area contributed by atoms with Crippen molar-refractivity contribution in [1.82, 2.24) is 9.78 Å². The lowest BCUT2D eigenvalue weighted by Gasteiger charge is -2.05. The van der Waals surface area contributed by atoms with Crippen molar-refractivity contribution >= 4 is 15.9 Å². The highest BCUT2D eigenvalue weighted by Crippen LogP contribution is 2.18. The van der Waals surface area contributed by atoms with Crippen LogP contribution in [0.4, 0.5) is 13.2 Å². The molecule has 0 aliphatic carbocycles. The molecule has 0 saturated carbocycles. The molecule has 86 valence electrons. The molecule has 0 saturated heterocycles. The molecule has 0 spiro atoms. The molecule has 15 heavy (non-hydrogen) atoms. The Morgan fingerprint density at radius 2 is 2.20 bits per heavy atom. The zero-order valence-corrected chi connectivity index (χ0v) is 9.60. The lowest BCUT2D eigenvalue weighted by Crippen LogP contribution is -2.16. The molecule has 0 amide bonds. The maximum atomic E-state index is 11.8. The standard InChI is InChI=1S/C8H10BrF3N2O/c1-2-14-3-6(9)7(13-14)4-15-5-8(10,11)12/h3H,2,4-5H2,1H3. The third kappa shape index (κ3) is 4.21. The molecule has 7 heteroatoms. The summed E-state index contributed by atoms with van der Waals surface area (Å²) < 4.78 is 42.1. The van der Waals surface area contributed by atoms with E-state index in [-0.39, 0.29) is 6.61 Å². The van der Waals surface area contributed by atoms with Crippen molar-refractivity contribution in [1.29, 1.82) is 0 Å². The van der Waals surface area contributed by atoms with Gasteiger partial charge in [-0.15, -0.1) is 0 Å². The summed E-state index contributed by atoms with van der Waals surface area (Å²) in [6.45, 7) is 1.16. The fraction of sp³-hybridized carbons (Fsp3) is 0.625. The van der Waals surface area contributed by atoms with Crippen LogP contribution in [0.5, 0.6) is 0 Å². The Kier molecular flexibility index (Phi) is 4.15. The zero-order chi connectivity index (χ0) is 11.5. The van der Waals surface area contributed by atoms with Crippen LogP contribution in [0.2, 0.25) is 0 Å². The van der Waals surface area contributed by atoms with Crippen molar-refractivity contribution in [3.05, 3.63) is 16.4 Å². The first-order chi connectivity index (χ1) is 6.92. The van der Waals surface area contributed by atoms with E-state index in [9.17, 15) is 13.2 Å². The Morgan fingerprint density at radius 1 is 1.53 bits per heavy atom. The van der Waals surface area contributed by atoms with Gasteiger partial charge in [-0.3, -0.25) is 4.68 Å². The summed E-state index contributed by atoms with van der Waals surface area (Å²) in [6, 6.07) is 0. The summed E-state index contributed by atoms with van der Waals surface area (Å²) in [5.41, 5.74) is 0.473. The molecule has 1 heterocycles. The van der Waals surface area contributed by atoms with E-state index in [0.29, 0.717) is 16.7 Å². The molecule has 1 aromatic rings. The molecule has 0 N–H and O–H groups in total. The van der Waals surface area contributed by atoms with Gasteiger partial charge in [-0.2, -0.15) is 18.3 Å². The molecular weight excluding hydrogens is 277 g/mol. The summed E-state index contributed by atoms with van der Waals surface area (Å²) in [4.78, 5) is 0. The summed E-state index contributed by atoms with van der Waals surface area (Å²) in [6.07, 6.45) is -2.59. The highest BCUT2D eigenvalue weighted by Gasteiger charge is 2.27. The summed E-state index contributed by atoms with van der Waals surface area (Å²) in [5.74, 6) is 0. The van der Waals surface area contributed by atoms with Crippen molar-refractivity contribution in [2.75, 3.05) is 6.61 Å². The maximum Gasteiger partial charge on any atom is 0.411 e. The van der Waals surface area contributed by atoms with E-state index in [2.05, 4.69) is 25.8 Å². The second-order valence-corrected chi connectivity index (χ2v) is 3.74. The van der Waals surface area contributed by atoms with Gasteiger partial charge < -0.3 is 4.74 Å². The van der Waals surface area contributed by atoms with E-state index in [0.717, 1.165) is 0 Å². The Bertz CT molecular complexity index is 324. The van der Waals surface area contributed by atoms with Crippen LogP contribution in [0.25, 0.3) is 0 Å². The average Bonchev–Trinajstić information content (AvgIpc) is 2.45. The van der Waals surface area contributed by atoms with E-state index >= 15 is 0 Å². The van der Waals surface area contributed by atoms with Gasteiger partial charge in [-0.25, -0.2) is 0 Å². The monoisotopic (exact) mass is 286 g/mol. The molecule has 0 radical (unpaired) electrons. The minimum absolute atomic E-state index is 0.146. The van der Waals surface area contributed by atoms with E-state index in [1.165, 1.54) is 0 Å². The van der Waals surface area contributed by atoms with Gasteiger partial charge in [0.1, 0.15) is 12.3 Å². The summed E-state index contributed by atoms with van der Waals surface area (Å²) in [5, 5.41) is 4.03. The van der Waals surface area contributed by atoms with Crippen molar-refractivity contribution in [3.8, 4) is 0 Å². The third-order valence-electron chi connectivity index (χ3n) is 1.62. The van der Waals surface area contributed by atoms with Gasteiger partial charge in [-0.05, 0) is 22.9 Å². The van der Waals surface area contributed by atoms with E-state index in [1.807, 2.05) is 6.92 Å². The first-order valence-corrected chi connectivity index (χ1v) is 5.08. The summed E-state index contributed by atoms with van der Waals surface area (Å²) >= 11 is 3.19. The number of nitrogens with zero attached hydrogens (tertiary/aromatic N) is 2. The third-order valence-corrected chi connectivity index (χ3v) is 2.28. The number of rotatable bonds is 4. The van der Waals surface area contributed by atoms with Crippen LogP contribution >= 0.6 is 15.9 Å². The van der Waals surface area contributed by atoms with Crippen LogP contribution in [0.3, 0.4) is 0 Å². The van der Waals surface area contributed by atoms with Gasteiger partial charge in [0.2, 0.25) is 0 Å². The van der Waals surface area contributed by atoms with Crippen LogP contribution in [0, 0.1) is 0 Å². The molecule has 1 rings (SSSR count). The number of alkyl halides is 3. The number of halogens is 4. The Morgan fingerprint density at radius 3 is 2.67 bits per heavy atom. The first-order valence-electron chi connectivity index (χ1n) is 4.28. The normalized spacial score (nSPS) is 12.1. The fourth-order valence-electron chi connectivity index (χ4n) is 0.960. The topological polar surface area (TPSA) is 27.1 Å². The number of hydrogen-bond acceptors (Lipinski definition) is 2. The molecular formula is C8H10BrF3N2O. The van der Waals surface area contributed by atoms with E-state index < -0.39 is 12.8 Å². The van der Waals surface area contributed by atoms with Gasteiger partial charge in [0.05, 0.1) is 11.1 Å². The molecule has 0 aromatic carbocycles. The van der Waals surface area contributed by atoms with Crippen LogP contribution in [-0.2, 0) is 17.9 Å². The highest BCUT2D eigenvalue weighted by molar-refractivity contribution is 9.10. The molecule has 3 nitrogen and oxygen atoms in total. The van der Waals surface area contributed by atoms with Crippen molar-refractivity contribution in [2.24, 2.45) is 0 Å². The van der Waals surface area contributed by atoms with Crippen molar-refractivity contribution in [3.63, 3.8) is 0 Å². The van der Waals surface area contributed by atoms with Gasteiger partial charge in [0.25, 0.3) is 0 Å². The Hall–Kier alpha value is -0.560. The predicted octanol–water partition coefficient (Wildman–Crippen LogP) is 2.74. The SMILES string of the molecule is CCn1cc(Br)c(COCC(F)(F)F)n1. The van der Waals surface area contributed by atoms with Crippen molar-refractivity contribution < 1.29 is 17.9 Å². The Labute approximate surface area is 93.3 Å². The minimum Gasteiger partial charge on any atom is -0.366 e. The molecule has 0 bridgehead atoms. The molecule has 1 aromatic heterocycles. The van der Waals surface area contributed by atoms with Gasteiger partial charge in [-0.1, -0.05) is 0 Å². The second kappa shape index (κ2) is 4.98. The van der Waals surface area contributed by atoms with Crippen molar-refractivity contribution in [2.45, 2.75) is 26.3 Å². The molecule has 0 aliphatic heterocycles. The zero-order valence-electron chi connectivity index (χ0n) is 8.01. The largest absolute Gasteiger partial charge is 0.411 e. The van der Waals surface area contributed by atoms with Crippen LogP contribution < -0.4 is 0 Å². The number of hydrogen-bond donors (Lipinski definition) is 0. The molecule has 0 fully saturated rings. The van der Waals surface area contributed by atoms with E-state index in [4.69, 9.17) is 0 Å². The molecule has 0 atom stereocenters. The van der Waals surface area contributed by atoms with E-state index in [1.54, 1.807) is 10.9 Å². The first kappa shape index (κ1) is 12.5. The molecule has 0 aliphatic rings. The second-order valence-electron chi connectivity index (χ2n) is 2.89. The lowest BCUT2D eigenvalue weighted by atomic mass is 10.5. The van der Waals surface area contributed by atoms with Gasteiger partial charge >= 0.3 is 6.18 Å². The lowest BCUT2D eigenvalue weighted by molar-refractivity contribution is -0.176. The predicted molar refractivity (Wildman–Crippen MR) is 51.3 cm³/mol. The quantitative estimate of drug-likeness (QED) is 0.851. The number of aromatic nitrogens is 2. The highest BCUT2D eigenvalue weighted by atomic mass is 79.9. The maximum absolute atomic E-state index is 11.8. The Balaban J connectivity index is 2.47. The van der Waals surface area contributed by atoms with Crippen LogP contribution in [0.1, 0.15) is 12.6 Å². The fourth-order valence-corrected chi connectivity index (χ4v) is 1.39. The van der Waals surface area contributed by atoms with Gasteiger partial charge in [0, 0.05) is 12.7 Å². The van der Waals surface area contributed by atoms with Crippen LogP contribution in [0.15, 0.2) is 10.7 Å². The van der Waals surface area contributed by atoms with Crippen LogP contribution in [-0.4, -0.2) is 22.6 Å². The summed E-state index contributed by atoms with van der Waals surface area (Å²) in [7, 11) is 0.